The number of ether oxygens (including phenoxy) is 1. The number of nitrogens with one attached hydrogen (secondary N) is 2. The minimum absolute atomic E-state index is 0.131. The largest absolute Gasteiger partial charge is 0.381 e. The van der Waals surface area contributed by atoms with Gasteiger partial charge in [-0.05, 0) is 32.2 Å². The van der Waals surface area contributed by atoms with Crippen LogP contribution in [0.1, 0.15) is 45.4 Å². The molecule has 1 amide bonds. The van der Waals surface area contributed by atoms with E-state index in [1.165, 1.54) is 12.8 Å². The normalized spacial score (nSPS) is 16.3. The number of hydrogen-bond acceptors (Lipinski definition) is 3. The summed E-state index contributed by atoms with van der Waals surface area (Å²) in [6, 6.07) is 0.428. The molecule has 1 fully saturated rings. The van der Waals surface area contributed by atoms with Crippen LogP contribution in [0.2, 0.25) is 0 Å². The van der Waals surface area contributed by atoms with Crippen molar-refractivity contribution in [1.29, 1.82) is 0 Å². The van der Waals surface area contributed by atoms with Crippen LogP contribution in [0.15, 0.2) is 0 Å². The molecule has 0 spiro atoms. The molecular weight excluding hydrogens is 216 g/mol. The standard InChI is InChI=1S/C13H26N2O2/c1-2-9-17-10-5-8-14-11-13(16)15-12-6-3-4-7-12/h12,14H,2-11H2,1H3,(H,15,16). The van der Waals surface area contributed by atoms with E-state index in [2.05, 4.69) is 17.6 Å². The van der Waals surface area contributed by atoms with E-state index in [0.717, 1.165) is 45.4 Å². The van der Waals surface area contributed by atoms with E-state index in [1.807, 2.05) is 0 Å². The summed E-state index contributed by atoms with van der Waals surface area (Å²) >= 11 is 0. The molecule has 0 aliphatic heterocycles. The minimum Gasteiger partial charge on any atom is -0.381 e. The number of amides is 1. The molecule has 0 radical (unpaired) electrons. The van der Waals surface area contributed by atoms with Crippen LogP contribution in [-0.2, 0) is 9.53 Å². The fourth-order valence-corrected chi connectivity index (χ4v) is 2.10. The van der Waals surface area contributed by atoms with Crippen molar-refractivity contribution in [1.82, 2.24) is 10.6 Å². The molecule has 17 heavy (non-hydrogen) atoms. The third kappa shape index (κ3) is 7.34. The van der Waals surface area contributed by atoms with Gasteiger partial charge in [0.2, 0.25) is 5.91 Å². The van der Waals surface area contributed by atoms with Gasteiger partial charge in [0, 0.05) is 19.3 Å². The van der Waals surface area contributed by atoms with E-state index in [9.17, 15) is 4.79 Å². The van der Waals surface area contributed by atoms with Gasteiger partial charge in [0.05, 0.1) is 6.54 Å². The van der Waals surface area contributed by atoms with Crippen molar-refractivity contribution in [3.05, 3.63) is 0 Å². The Morgan fingerprint density at radius 1 is 1.29 bits per heavy atom. The second-order valence-electron chi connectivity index (χ2n) is 4.69. The zero-order valence-electron chi connectivity index (χ0n) is 11.0. The van der Waals surface area contributed by atoms with Crippen LogP contribution in [-0.4, -0.2) is 38.3 Å². The molecule has 0 aromatic heterocycles. The minimum atomic E-state index is 0.131. The van der Waals surface area contributed by atoms with Gasteiger partial charge in [0.15, 0.2) is 0 Å². The predicted molar refractivity (Wildman–Crippen MR) is 69.0 cm³/mol. The molecule has 0 aromatic rings. The monoisotopic (exact) mass is 242 g/mol. The summed E-state index contributed by atoms with van der Waals surface area (Å²) in [4.78, 5) is 11.5. The van der Waals surface area contributed by atoms with Crippen LogP contribution in [0.3, 0.4) is 0 Å². The molecule has 0 aromatic carbocycles. The van der Waals surface area contributed by atoms with Gasteiger partial charge in [-0.25, -0.2) is 0 Å². The van der Waals surface area contributed by atoms with Crippen LogP contribution >= 0.6 is 0 Å². The maximum absolute atomic E-state index is 11.5. The number of carbonyl (C=O) groups is 1. The first kappa shape index (κ1) is 14.5. The van der Waals surface area contributed by atoms with E-state index < -0.39 is 0 Å². The average Bonchev–Trinajstić information content (AvgIpc) is 2.80. The smallest absolute Gasteiger partial charge is 0.234 e. The highest BCUT2D eigenvalue weighted by molar-refractivity contribution is 5.78. The zero-order chi connectivity index (χ0) is 12.3. The van der Waals surface area contributed by atoms with Crippen molar-refractivity contribution >= 4 is 5.91 Å². The highest BCUT2D eigenvalue weighted by Gasteiger charge is 2.16. The second-order valence-corrected chi connectivity index (χ2v) is 4.69. The van der Waals surface area contributed by atoms with Gasteiger partial charge in [-0.2, -0.15) is 0 Å². The number of rotatable bonds is 9. The third-order valence-electron chi connectivity index (χ3n) is 3.00. The molecule has 1 saturated carbocycles. The fourth-order valence-electron chi connectivity index (χ4n) is 2.10. The summed E-state index contributed by atoms with van der Waals surface area (Å²) in [6.45, 7) is 5.00. The first-order chi connectivity index (χ1) is 8.33. The van der Waals surface area contributed by atoms with Crippen LogP contribution in [0.4, 0.5) is 0 Å². The molecule has 4 nitrogen and oxygen atoms in total. The summed E-state index contributed by atoms with van der Waals surface area (Å²) in [7, 11) is 0. The maximum Gasteiger partial charge on any atom is 0.234 e. The lowest BCUT2D eigenvalue weighted by atomic mass is 10.2. The molecule has 0 atom stereocenters. The molecule has 0 unspecified atom stereocenters. The molecule has 0 heterocycles. The highest BCUT2D eigenvalue weighted by Crippen LogP contribution is 2.17. The van der Waals surface area contributed by atoms with Gasteiger partial charge >= 0.3 is 0 Å². The van der Waals surface area contributed by atoms with E-state index >= 15 is 0 Å². The first-order valence-corrected chi connectivity index (χ1v) is 6.90. The molecule has 1 aliphatic rings. The van der Waals surface area contributed by atoms with Crippen molar-refractivity contribution in [2.75, 3.05) is 26.3 Å². The lowest BCUT2D eigenvalue weighted by Gasteiger charge is -2.12. The van der Waals surface area contributed by atoms with Crippen molar-refractivity contribution in [2.24, 2.45) is 0 Å². The van der Waals surface area contributed by atoms with Crippen molar-refractivity contribution < 1.29 is 9.53 Å². The summed E-state index contributed by atoms with van der Waals surface area (Å²) in [5, 5.41) is 6.20. The quantitative estimate of drug-likeness (QED) is 0.602. The van der Waals surface area contributed by atoms with Gasteiger partial charge in [0.25, 0.3) is 0 Å². The Morgan fingerprint density at radius 3 is 2.76 bits per heavy atom. The Morgan fingerprint density at radius 2 is 2.06 bits per heavy atom. The van der Waals surface area contributed by atoms with Crippen molar-refractivity contribution in [3.8, 4) is 0 Å². The second kappa shape index (κ2) is 9.42. The van der Waals surface area contributed by atoms with E-state index in [4.69, 9.17) is 4.74 Å². The van der Waals surface area contributed by atoms with Gasteiger partial charge in [-0.1, -0.05) is 19.8 Å². The van der Waals surface area contributed by atoms with Gasteiger partial charge in [-0.15, -0.1) is 0 Å². The Hall–Kier alpha value is -0.610. The molecule has 4 heteroatoms. The topological polar surface area (TPSA) is 50.4 Å². The van der Waals surface area contributed by atoms with Gasteiger partial charge < -0.3 is 15.4 Å². The van der Waals surface area contributed by atoms with E-state index in [-0.39, 0.29) is 5.91 Å². The summed E-state index contributed by atoms with van der Waals surface area (Å²) < 4.78 is 5.36. The van der Waals surface area contributed by atoms with E-state index in [1.54, 1.807) is 0 Å². The summed E-state index contributed by atoms with van der Waals surface area (Å²) in [5.74, 6) is 0.131. The van der Waals surface area contributed by atoms with Crippen LogP contribution in [0, 0.1) is 0 Å². The molecule has 1 rings (SSSR count). The third-order valence-corrected chi connectivity index (χ3v) is 3.00. The Balaban J connectivity index is 1.86. The Labute approximate surface area is 104 Å². The maximum atomic E-state index is 11.5. The van der Waals surface area contributed by atoms with Crippen LogP contribution in [0.5, 0.6) is 0 Å². The summed E-state index contributed by atoms with van der Waals surface area (Å²) in [6.07, 6.45) is 6.85. The SMILES string of the molecule is CCCOCCCNCC(=O)NC1CCCC1. The lowest BCUT2D eigenvalue weighted by molar-refractivity contribution is -0.120. The summed E-state index contributed by atoms with van der Waals surface area (Å²) in [5.41, 5.74) is 0. The van der Waals surface area contributed by atoms with Gasteiger partial charge in [-0.3, -0.25) is 4.79 Å². The first-order valence-electron chi connectivity index (χ1n) is 6.90. The Kier molecular flexibility index (Phi) is 8.01. The number of carbonyl (C=O) groups excluding carboxylic acids is 1. The van der Waals surface area contributed by atoms with Gasteiger partial charge in [0.1, 0.15) is 0 Å². The Bertz CT molecular complexity index is 204. The fraction of sp³-hybridized carbons (Fsp3) is 0.923. The molecule has 1 aliphatic carbocycles. The van der Waals surface area contributed by atoms with Crippen LogP contribution in [0.25, 0.3) is 0 Å². The van der Waals surface area contributed by atoms with Crippen molar-refractivity contribution in [2.45, 2.75) is 51.5 Å². The molecular formula is C13H26N2O2. The molecule has 0 bridgehead atoms. The van der Waals surface area contributed by atoms with Crippen LogP contribution < -0.4 is 10.6 Å². The number of hydrogen-bond donors (Lipinski definition) is 2. The average molecular weight is 242 g/mol. The molecule has 0 saturated heterocycles. The molecule has 100 valence electrons. The zero-order valence-corrected chi connectivity index (χ0v) is 11.0. The predicted octanol–water partition coefficient (Wildman–Crippen LogP) is 1.45. The highest BCUT2D eigenvalue weighted by atomic mass is 16.5. The van der Waals surface area contributed by atoms with Crippen molar-refractivity contribution in [3.63, 3.8) is 0 Å². The molecule has 2 N–H and O–H groups in total. The van der Waals surface area contributed by atoms with E-state index in [0.29, 0.717) is 12.6 Å². The lowest BCUT2D eigenvalue weighted by Crippen LogP contribution is -2.39.